The summed E-state index contributed by atoms with van der Waals surface area (Å²) in [6.07, 6.45) is 2.36. The molecule has 4 aromatic carbocycles. The van der Waals surface area contributed by atoms with E-state index in [4.69, 9.17) is 0 Å². The monoisotopic (exact) mass is 492 g/mol. The molecule has 3 nitrogen and oxygen atoms in total. The number of halogens is 1. The highest BCUT2D eigenvalue weighted by Crippen LogP contribution is 2.36. The molecule has 0 N–H and O–H groups in total. The number of amides is 1. The normalized spacial score (nSPS) is 20.9. The SMILES string of the molecule is O=C(c1ccc(F)c2ccccc12)N1C[C@H](CN2CCC(c3ccccc3)CC2)[C@@H](c2ccccc2)C1. The standard InChI is InChI=1S/C33H33FN2O/c34-32-16-15-30(28-13-7-8-14-29(28)32)33(37)36-22-27(31(23-36)26-11-5-2-6-12-26)21-35-19-17-25(18-20-35)24-9-3-1-4-10-24/h1-16,25,27,31H,17-23H2/t27-,31+/m0/s1. The summed E-state index contributed by atoms with van der Waals surface area (Å²) in [5.74, 6) is 1.01. The fourth-order valence-corrected chi connectivity index (χ4v) is 6.42. The zero-order valence-electron chi connectivity index (χ0n) is 21.1. The van der Waals surface area contributed by atoms with Gasteiger partial charge in [-0.15, -0.1) is 0 Å². The van der Waals surface area contributed by atoms with E-state index in [0.717, 1.165) is 26.2 Å². The first-order valence-corrected chi connectivity index (χ1v) is 13.5. The molecule has 2 aliphatic rings. The number of fused-ring (bicyclic) bond motifs is 1. The molecule has 188 valence electrons. The number of nitrogens with zero attached hydrogens (tertiary/aromatic N) is 2. The van der Waals surface area contributed by atoms with E-state index in [1.165, 1.54) is 30.0 Å². The van der Waals surface area contributed by atoms with Gasteiger partial charge >= 0.3 is 0 Å². The number of carbonyl (C=O) groups is 1. The molecule has 0 aromatic heterocycles. The lowest BCUT2D eigenvalue weighted by Crippen LogP contribution is -2.38. The van der Waals surface area contributed by atoms with Crippen molar-refractivity contribution >= 4 is 16.7 Å². The van der Waals surface area contributed by atoms with Crippen molar-refractivity contribution < 1.29 is 9.18 Å². The van der Waals surface area contributed by atoms with E-state index in [1.54, 1.807) is 12.1 Å². The quantitative estimate of drug-likeness (QED) is 0.309. The highest BCUT2D eigenvalue weighted by Gasteiger charge is 2.38. The summed E-state index contributed by atoms with van der Waals surface area (Å²) in [5.41, 5.74) is 3.34. The van der Waals surface area contributed by atoms with Crippen LogP contribution in [0.3, 0.4) is 0 Å². The van der Waals surface area contributed by atoms with Crippen molar-refractivity contribution in [3.8, 4) is 0 Å². The molecule has 2 heterocycles. The predicted molar refractivity (Wildman–Crippen MR) is 147 cm³/mol. The number of piperidine rings is 1. The second-order valence-electron chi connectivity index (χ2n) is 10.6. The summed E-state index contributed by atoms with van der Waals surface area (Å²) in [4.78, 5) is 18.4. The van der Waals surface area contributed by atoms with Crippen LogP contribution in [0.5, 0.6) is 0 Å². The Kier molecular flexibility index (Phi) is 6.75. The Morgan fingerprint density at radius 1 is 0.730 bits per heavy atom. The fraction of sp³-hybridized carbons (Fsp3) is 0.303. The average molecular weight is 493 g/mol. The van der Waals surface area contributed by atoms with Gasteiger partial charge < -0.3 is 9.80 Å². The zero-order chi connectivity index (χ0) is 25.2. The van der Waals surface area contributed by atoms with Crippen LogP contribution in [0.4, 0.5) is 4.39 Å². The van der Waals surface area contributed by atoms with Crippen molar-refractivity contribution in [2.45, 2.75) is 24.7 Å². The van der Waals surface area contributed by atoms with Gasteiger partial charge in [0.2, 0.25) is 0 Å². The van der Waals surface area contributed by atoms with Gasteiger partial charge in [-0.3, -0.25) is 4.79 Å². The van der Waals surface area contributed by atoms with Crippen LogP contribution < -0.4 is 0 Å². The molecule has 0 radical (unpaired) electrons. The lowest BCUT2D eigenvalue weighted by atomic mass is 9.86. The van der Waals surface area contributed by atoms with E-state index in [2.05, 4.69) is 65.6 Å². The molecule has 0 saturated carbocycles. The molecule has 0 bridgehead atoms. The Bertz CT molecular complexity index is 1370. The Morgan fingerprint density at radius 3 is 2.05 bits per heavy atom. The third-order valence-corrected chi connectivity index (χ3v) is 8.41. The number of benzene rings is 4. The van der Waals surface area contributed by atoms with Crippen LogP contribution in [0.1, 0.15) is 46.2 Å². The molecule has 0 unspecified atom stereocenters. The third-order valence-electron chi connectivity index (χ3n) is 8.41. The number of rotatable bonds is 5. The second-order valence-corrected chi connectivity index (χ2v) is 10.6. The second kappa shape index (κ2) is 10.5. The van der Waals surface area contributed by atoms with Crippen LogP contribution in [0, 0.1) is 11.7 Å². The molecule has 37 heavy (non-hydrogen) atoms. The van der Waals surface area contributed by atoms with Crippen molar-refractivity contribution in [3.05, 3.63) is 120 Å². The van der Waals surface area contributed by atoms with Gasteiger partial charge in [-0.05, 0) is 66.4 Å². The maximum Gasteiger partial charge on any atom is 0.254 e. The molecule has 0 aliphatic carbocycles. The Balaban J connectivity index is 1.20. The summed E-state index contributed by atoms with van der Waals surface area (Å²) in [5, 5.41) is 1.19. The van der Waals surface area contributed by atoms with Crippen LogP contribution in [0.2, 0.25) is 0 Å². The lowest BCUT2D eigenvalue weighted by molar-refractivity contribution is 0.0783. The van der Waals surface area contributed by atoms with Crippen LogP contribution in [-0.2, 0) is 0 Å². The minimum atomic E-state index is -0.285. The molecule has 2 aliphatic heterocycles. The Morgan fingerprint density at radius 2 is 1.35 bits per heavy atom. The number of carbonyl (C=O) groups excluding carboxylic acids is 1. The molecular formula is C33H33FN2O. The van der Waals surface area contributed by atoms with E-state index in [1.807, 2.05) is 23.1 Å². The smallest absolute Gasteiger partial charge is 0.254 e. The van der Waals surface area contributed by atoms with Gasteiger partial charge in [0.05, 0.1) is 0 Å². The van der Waals surface area contributed by atoms with Crippen LogP contribution in [-0.4, -0.2) is 48.4 Å². The van der Waals surface area contributed by atoms with E-state index < -0.39 is 0 Å². The molecule has 4 heteroatoms. The number of likely N-dealkylation sites (tertiary alicyclic amines) is 2. The highest BCUT2D eigenvalue weighted by molar-refractivity contribution is 6.07. The first-order valence-electron chi connectivity index (χ1n) is 13.5. The van der Waals surface area contributed by atoms with Gasteiger partial charge in [-0.1, -0.05) is 84.9 Å². The van der Waals surface area contributed by atoms with Crippen LogP contribution in [0.25, 0.3) is 10.8 Å². The topological polar surface area (TPSA) is 23.6 Å². The molecule has 0 spiro atoms. The van der Waals surface area contributed by atoms with Gasteiger partial charge in [-0.2, -0.15) is 0 Å². The minimum absolute atomic E-state index is 0.00224. The van der Waals surface area contributed by atoms with Crippen molar-refractivity contribution in [2.24, 2.45) is 5.92 Å². The van der Waals surface area contributed by atoms with Crippen molar-refractivity contribution in [1.82, 2.24) is 9.80 Å². The molecule has 2 atom stereocenters. The summed E-state index contributed by atoms with van der Waals surface area (Å²) < 4.78 is 14.4. The maximum absolute atomic E-state index is 14.4. The zero-order valence-corrected chi connectivity index (χ0v) is 21.1. The van der Waals surface area contributed by atoms with Gasteiger partial charge in [0.1, 0.15) is 5.82 Å². The highest BCUT2D eigenvalue weighted by atomic mass is 19.1. The van der Waals surface area contributed by atoms with Gasteiger partial charge in [0.15, 0.2) is 0 Å². The number of hydrogen-bond donors (Lipinski definition) is 0. The van der Waals surface area contributed by atoms with E-state index in [9.17, 15) is 9.18 Å². The van der Waals surface area contributed by atoms with Gasteiger partial charge in [0.25, 0.3) is 5.91 Å². The molecule has 2 saturated heterocycles. The lowest BCUT2D eigenvalue weighted by Gasteiger charge is -2.34. The molecule has 1 amide bonds. The predicted octanol–water partition coefficient (Wildman–Crippen LogP) is 6.71. The number of hydrogen-bond acceptors (Lipinski definition) is 2. The van der Waals surface area contributed by atoms with E-state index in [-0.39, 0.29) is 11.7 Å². The molecular weight excluding hydrogens is 459 g/mol. The first kappa shape index (κ1) is 23.9. The van der Waals surface area contributed by atoms with Gasteiger partial charge in [0, 0.05) is 36.5 Å². The summed E-state index contributed by atoms with van der Waals surface area (Å²) in [6.45, 7) is 4.60. The average Bonchev–Trinajstić information content (AvgIpc) is 3.38. The van der Waals surface area contributed by atoms with Crippen LogP contribution >= 0.6 is 0 Å². The largest absolute Gasteiger partial charge is 0.338 e. The summed E-state index contributed by atoms with van der Waals surface area (Å²) in [6, 6.07) is 31.9. The molecule has 4 aromatic rings. The minimum Gasteiger partial charge on any atom is -0.338 e. The van der Waals surface area contributed by atoms with E-state index >= 15 is 0 Å². The van der Waals surface area contributed by atoms with Crippen molar-refractivity contribution in [3.63, 3.8) is 0 Å². The van der Waals surface area contributed by atoms with Crippen LogP contribution in [0.15, 0.2) is 97.1 Å². The van der Waals surface area contributed by atoms with Crippen molar-refractivity contribution in [1.29, 1.82) is 0 Å². The Labute approximate surface area is 218 Å². The Hall–Kier alpha value is -3.50. The van der Waals surface area contributed by atoms with E-state index in [0.29, 0.717) is 40.6 Å². The van der Waals surface area contributed by atoms with Gasteiger partial charge in [-0.25, -0.2) is 4.39 Å². The fourth-order valence-electron chi connectivity index (χ4n) is 6.42. The molecule has 6 rings (SSSR count). The van der Waals surface area contributed by atoms with Crippen molar-refractivity contribution in [2.75, 3.05) is 32.7 Å². The molecule has 2 fully saturated rings. The summed E-state index contributed by atoms with van der Waals surface area (Å²) >= 11 is 0. The third kappa shape index (κ3) is 4.91. The first-order chi connectivity index (χ1) is 18.2. The summed E-state index contributed by atoms with van der Waals surface area (Å²) in [7, 11) is 0. The maximum atomic E-state index is 14.4.